The van der Waals surface area contributed by atoms with Crippen molar-refractivity contribution in [2.45, 2.75) is 6.42 Å². The van der Waals surface area contributed by atoms with Crippen LogP contribution in [-0.4, -0.2) is 15.9 Å². The fourth-order valence-corrected chi connectivity index (χ4v) is 3.07. The van der Waals surface area contributed by atoms with Gasteiger partial charge < -0.3 is 9.73 Å². The van der Waals surface area contributed by atoms with Crippen LogP contribution in [0, 0.1) is 0 Å². The Balaban J connectivity index is 1.71. The van der Waals surface area contributed by atoms with E-state index in [-0.39, 0.29) is 18.2 Å². The third-order valence-corrected chi connectivity index (χ3v) is 4.65. The molecule has 2 heterocycles. The van der Waals surface area contributed by atoms with Gasteiger partial charge in [-0.05, 0) is 48.0 Å². The zero-order valence-corrected chi connectivity index (χ0v) is 16.1. The number of aromatic nitrogens is 2. The van der Waals surface area contributed by atoms with Crippen molar-refractivity contribution in [1.82, 2.24) is 9.97 Å². The molecule has 1 N–H and O–H groups in total. The molecule has 1 amide bonds. The molecule has 0 saturated heterocycles. The van der Waals surface area contributed by atoms with Gasteiger partial charge >= 0.3 is 5.63 Å². The number of fused-ring (bicyclic) bond motifs is 1. The Morgan fingerprint density at radius 1 is 1.04 bits per heavy atom. The maximum Gasteiger partial charge on any atom is 0.347 e. The van der Waals surface area contributed by atoms with E-state index in [9.17, 15) is 9.59 Å². The molecular formula is C21H14BrN3O3. The van der Waals surface area contributed by atoms with Gasteiger partial charge in [0.05, 0.1) is 17.3 Å². The summed E-state index contributed by atoms with van der Waals surface area (Å²) in [5.41, 5.74) is 1.27. The highest BCUT2D eigenvalue weighted by molar-refractivity contribution is 9.10. The van der Waals surface area contributed by atoms with Crippen LogP contribution in [0.5, 0.6) is 0 Å². The van der Waals surface area contributed by atoms with Gasteiger partial charge in [-0.15, -0.1) is 0 Å². The molecule has 0 bridgehead atoms. The second-order valence-corrected chi connectivity index (χ2v) is 6.98. The molecule has 0 aliphatic heterocycles. The lowest BCUT2D eigenvalue weighted by Gasteiger charge is -2.08. The molecule has 4 aromatic rings. The topological polar surface area (TPSA) is 85.1 Å². The zero-order valence-electron chi connectivity index (χ0n) is 14.6. The number of para-hydroxylation sites is 1. The first kappa shape index (κ1) is 18.1. The van der Waals surface area contributed by atoms with Crippen LogP contribution in [0.4, 0.5) is 5.82 Å². The standard InChI is InChI=1S/C21H14BrN3O3/c22-15-9-7-13(8-10-15)20-25-19-14(4-3-5-16(19)21(27)28-20)12-18(26)24-17-6-1-2-11-23-17/h1-11H,12H2,(H,23,24,26). The maximum absolute atomic E-state index is 12.4. The number of hydrogen-bond donors (Lipinski definition) is 1. The average Bonchev–Trinajstić information content (AvgIpc) is 2.70. The molecule has 0 atom stereocenters. The van der Waals surface area contributed by atoms with Gasteiger partial charge in [0.1, 0.15) is 5.82 Å². The number of carbonyl (C=O) groups is 1. The van der Waals surface area contributed by atoms with E-state index in [1.807, 2.05) is 12.1 Å². The Hall–Kier alpha value is -3.32. The number of carbonyl (C=O) groups excluding carboxylic acids is 1. The summed E-state index contributed by atoms with van der Waals surface area (Å²) in [6.07, 6.45) is 1.66. The van der Waals surface area contributed by atoms with Crippen LogP contribution in [0.1, 0.15) is 5.56 Å². The van der Waals surface area contributed by atoms with Crippen LogP contribution in [0.15, 0.2) is 80.5 Å². The molecule has 0 radical (unpaired) electrons. The molecule has 7 heteroatoms. The van der Waals surface area contributed by atoms with Crippen LogP contribution in [-0.2, 0) is 11.2 Å². The van der Waals surface area contributed by atoms with Crippen molar-refractivity contribution in [3.05, 3.63) is 87.3 Å². The van der Waals surface area contributed by atoms with E-state index >= 15 is 0 Å². The van der Waals surface area contributed by atoms with E-state index < -0.39 is 5.63 Å². The number of amides is 1. The molecular weight excluding hydrogens is 422 g/mol. The van der Waals surface area contributed by atoms with Crippen LogP contribution in [0.25, 0.3) is 22.4 Å². The lowest BCUT2D eigenvalue weighted by Crippen LogP contribution is -2.16. The highest BCUT2D eigenvalue weighted by Crippen LogP contribution is 2.23. The van der Waals surface area contributed by atoms with Gasteiger partial charge in [-0.1, -0.05) is 34.1 Å². The zero-order chi connectivity index (χ0) is 19.5. The van der Waals surface area contributed by atoms with Gasteiger partial charge in [-0.25, -0.2) is 14.8 Å². The molecule has 2 aromatic heterocycles. The Morgan fingerprint density at radius 3 is 2.61 bits per heavy atom. The minimum Gasteiger partial charge on any atom is -0.403 e. The summed E-state index contributed by atoms with van der Waals surface area (Å²) < 4.78 is 6.29. The average molecular weight is 436 g/mol. The van der Waals surface area contributed by atoms with E-state index in [4.69, 9.17) is 4.42 Å². The van der Waals surface area contributed by atoms with Gasteiger partial charge in [0.2, 0.25) is 11.8 Å². The van der Waals surface area contributed by atoms with Gasteiger partial charge in [0.25, 0.3) is 0 Å². The van der Waals surface area contributed by atoms with Crippen molar-refractivity contribution in [1.29, 1.82) is 0 Å². The predicted molar refractivity (Wildman–Crippen MR) is 110 cm³/mol. The van der Waals surface area contributed by atoms with Crippen molar-refractivity contribution >= 4 is 38.6 Å². The van der Waals surface area contributed by atoms with E-state index in [1.165, 1.54) is 0 Å². The Kier molecular flexibility index (Phi) is 4.99. The number of hydrogen-bond acceptors (Lipinski definition) is 5. The molecule has 0 saturated carbocycles. The van der Waals surface area contributed by atoms with E-state index in [0.717, 1.165) is 4.47 Å². The van der Waals surface area contributed by atoms with Gasteiger partial charge in [-0.3, -0.25) is 4.79 Å². The van der Waals surface area contributed by atoms with E-state index in [1.54, 1.807) is 54.7 Å². The summed E-state index contributed by atoms with van der Waals surface area (Å²) in [5.74, 6) is 0.435. The highest BCUT2D eigenvalue weighted by Gasteiger charge is 2.14. The number of benzene rings is 2. The quantitative estimate of drug-likeness (QED) is 0.519. The van der Waals surface area contributed by atoms with Crippen LogP contribution >= 0.6 is 15.9 Å². The molecule has 0 unspecified atom stereocenters. The lowest BCUT2D eigenvalue weighted by molar-refractivity contribution is -0.115. The summed E-state index contributed by atoms with van der Waals surface area (Å²) in [5, 5.41) is 3.07. The van der Waals surface area contributed by atoms with E-state index in [0.29, 0.717) is 27.8 Å². The number of nitrogens with zero attached hydrogens (tertiary/aromatic N) is 2. The second-order valence-electron chi connectivity index (χ2n) is 6.07. The molecule has 2 aromatic carbocycles. The fourth-order valence-electron chi connectivity index (χ4n) is 2.81. The largest absolute Gasteiger partial charge is 0.403 e. The van der Waals surface area contributed by atoms with Crippen molar-refractivity contribution in [2.24, 2.45) is 0 Å². The van der Waals surface area contributed by atoms with Crippen LogP contribution < -0.4 is 10.9 Å². The SMILES string of the molecule is O=C(Cc1cccc2c(=O)oc(-c3ccc(Br)cc3)nc12)Nc1ccccn1. The summed E-state index contributed by atoms with van der Waals surface area (Å²) in [4.78, 5) is 33.5. The molecule has 4 rings (SSSR count). The predicted octanol–water partition coefficient (Wildman–Crippen LogP) is 4.19. The fraction of sp³-hybridized carbons (Fsp3) is 0.0476. The number of nitrogens with one attached hydrogen (secondary N) is 1. The first-order valence-electron chi connectivity index (χ1n) is 8.50. The summed E-state index contributed by atoms with van der Waals surface area (Å²) in [6, 6.07) is 17.7. The smallest absolute Gasteiger partial charge is 0.347 e. The molecule has 138 valence electrons. The van der Waals surface area contributed by atoms with Crippen molar-refractivity contribution in [3.63, 3.8) is 0 Å². The number of halogens is 1. The second kappa shape index (κ2) is 7.74. The number of pyridine rings is 1. The van der Waals surface area contributed by atoms with Gasteiger partial charge in [0.15, 0.2) is 0 Å². The molecule has 0 aliphatic carbocycles. The Labute approximate surface area is 168 Å². The molecule has 0 aliphatic rings. The summed E-state index contributed by atoms with van der Waals surface area (Å²) in [7, 11) is 0. The third-order valence-electron chi connectivity index (χ3n) is 4.12. The number of anilines is 1. The number of rotatable bonds is 4. The normalized spacial score (nSPS) is 10.8. The molecule has 28 heavy (non-hydrogen) atoms. The van der Waals surface area contributed by atoms with E-state index in [2.05, 4.69) is 31.2 Å². The van der Waals surface area contributed by atoms with Gasteiger partial charge in [0, 0.05) is 16.2 Å². The highest BCUT2D eigenvalue weighted by atomic mass is 79.9. The minimum atomic E-state index is -0.491. The molecule has 0 spiro atoms. The Bertz CT molecular complexity index is 1210. The first-order valence-corrected chi connectivity index (χ1v) is 9.29. The third kappa shape index (κ3) is 3.84. The Morgan fingerprint density at radius 2 is 1.86 bits per heavy atom. The minimum absolute atomic E-state index is 0.0597. The lowest BCUT2D eigenvalue weighted by atomic mass is 10.1. The summed E-state index contributed by atoms with van der Waals surface area (Å²) >= 11 is 3.38. The molecule has 6 nitrogen and oxygen atoms in total. The molecule has 0 fully saturated rings. The van der Waals surface area contributed by atoms with Gasteiger partial charge in [-0.2, -0.15) is 0 Å². The van der Waals surface area contributed by atoms with Crippen molar-refractivity contribution < 1.29 is 9.21 Å². The van der Waals surface area contributed by atoms with Crippen LogP contribution in [0.2, 0.25) is 0 Å². The van der Waals surface area contributed by atoms with Crippen molar-refractivity contribution in [2.75, 3.05) is 5.32 Å². The van der Waals surface area contributed by atoms with Crippen LogP contribution in [0.3, 0.4) is 0 Å². The first-order chi connectivity index (χ1) is 13.6. The maximum atomic E-state index is 12.4. The van der Waals surface area contributed by atoms with Crippen molar-refractivity contribution in [3.8, 4) is 11.5 Å². The monoisotopic (exact) mass is 435 g/mol. The summed E-state index contributed by atoms with van der Waals surface area (Å²) in [6.45, 7) is 0.